The quantitative estimate of drug-likeness (QED) is 0.928. The third-order valence-electron chi connectivity index (χ3n) is 2.92. The fourth-order valence-corrected chi connectivity index (χ4v) is 2.43. The molecule has 2 nitrogen and oxygen atoms in total. The standard InChI is InChI=1S/C14H13BrF2N2/c1-18-14(10-4-12(17)8-19-7-10)5-9-2-3-11(16)6-13(9)15/h2-4,6-8,14,18H,5H2,1H3. The summed E-state index contributed by atoms with van der Waals surface area (Å²) in [6, 6.07) is 5.93. The van der Waals surface area contributed by atoms with Gasteiger partial charge in [0.15, 0.2) is 0 Å². The third kappa shape index (κ3) is 3.58. The molecule has 0 amide bonds. The molecule has 0 saturated carbocycles. The van der Waals surface area contributed by atoms with Gasteiger partial charge >= 0.3 is 0 Å². The van der Waals surface area contributed by atoms with Crippen molar-refractivity contribution in [2.75, 3.05) is 7.05 Å². The molecule has 0 spiro atoms. The predicted octanol–water partition coefficient (Wildman–Crippen LogP) is 3.63. The Labute approximate surface area is 119 Å². The van der Waals surface area contributed by atoms with E-state index in [0.717, 1.165) is 11.1 Å². The van der Waals surface area contributed by atoms with Crippen molar-refractivity contribution in [1.82, 2.24) is 10.3 Å². The van der Waals surface area contributed by atoms with E-state index in [1.165, 1.54) is 24.4 Å². The maximum absolute atomic E-state index is 13.2. The van der Waals surface area contributed by atoms with Crippen molar-refractivity contribution in [1.29, 1.82) is 0 Å². The maximum atomic E-state index is 13.2. The highest BCUT2D eigenvalue weighted by Crippen LogP contribution is 2.24. The van der Waals surface area contributed by atoms with Crippen LogP contribution in [0, 0.1) is 11.6 Å². The minimum Gasteiger partial charge on any atom is -0.313 e. The average Bonchev–Trinajstić information content (AvgIpc) is 2.38. The molecule has 0 saturated heterocycles. The van der Waals surface area contributed by atoms with E-state index in [-0.39, 0.29) is 17.7 Å². The Morgan fingerprint density at radius 1 is 1.21 bits per heavy atom. The molecule has 1 aromatic heterocycles. The van der Waals surface area contributed by atoms with Gasteiger partial charge in [-0.05, 0) is 42.8 Å². The third-order valence-corrected chi connectivity index (χ3v) is 3.65. The lowest BCUT2D eigenvalue weighted by Crippen LogP contribution is -2.19. The van der Waals surface area contributed by atoms with E-state index in [1.54, 1.807) is 19.3 Å². The molecule has 0 radical (unpaired) electrons. The Balaban J connectivity index is 2.24. The van der Waals surface area contributed by atoms with Gasteiger partial charge in [0.05, 0.1) is 6.20 Å². The van der Waals surface area contributed by atoms with Crippen molar-refractivity contribution in [3.63, 3.8) is 0 Å². The van der Waals surface area contributed by atoms with Gasteiger partial charge in [-0.25, -0.2) is 8.78 Å². The first kappa shape index (κ1) is 14.1. The van der Waals surface area contributed by atoms with Crippen LogP contribution in [0.15, 0.2) is 41.1 Å². The minimum absolute atomic E-state index is 0.0787. The molecule has 1 unspecified atom stereocenters. The van der Waals surface area contributed by atoms with Crippen LogP contribution in [-0.2, 0) is 6.42 Å². The molecular formula is C14H13BrF2N2. The number of benzene rings is 1. The monoisotopic (exact) mass is 326 g/mol. The van der Waals surface area contributed by atoms with E-state index in [0.29, 0.717) is 10.9 Å². The highest BCUT2D eigenvalue weighted by atomic mass is 79.9. The number of likely N-dealkylation sites (N-methyl/N-ethyl adjacent to an activating group) is 1. The maximum Gasteiger partial charge on any atom is 0.141 e. The van der Waals surface area contributed by atoms with E-state index >= 15 is 0 Å². The van der Waals surface area contributed by atoms with E-state index in [9.17, 15) is 8.78 Å². The molecule has 0 aliphatic carbocycles. The zero-order valence-corrected chi connectivity index (χ0v) is 11.9. The second-order valence-electron chi connectivity index (χ2n) is 4.22. The Kier molecular flexibility index (Phi) is 4.61. The highest BCUT2D eigenvalue weighted by molar-refractivity contribution is 9.10. The summed E-state index contributed by atoms with van der Waals surface area (Å²) < 4.78 is 26.9. The molecule has 0 aliphatic heterocycles. The predicted molar refractivity (Wildman–Crippen MR) is 73.8 cm³/mol. The van der Waals surface area contributed by atoms with Crippen molar-refractivity contribution in [2.45, 2.75) is 12.5 Å². The van der Waals surface area contributed by atoms with Crippen molar-refractivity contribution >= 4 is 15.9 Å². The highest BCUT2D eigenvalue weighted by Gasteiger charge is 2.13. The van der Waals surface area contributed by atoms with Gasteiger partial charge in [-0.3, -0.25) is 4.98 Å². The summed E-state index contributed by atoms with van der Waals surface area (Å²) in [4.78, 5) is 3.84. The molecule has 19 heavy (non-hydrogen) atoms. The number of hydrogen-bond acceptors (Lipinski definition) is 2. The van der Waals surface area contributed by atoms with Crippen molar-refractivity contribution in [2.24, 2.45) is 0 Å². The Morgan fingerprint density at radius 3 is 2.63 bits per heavy atom. The second-order valence-corrected chi connectivity index (χ2v) is 5.07. The fourth-order valence-electron chi connectivity index (χ4n) is 1.91. The van der Waals surface area contributed by atoms with Crippen LogP contribution in [0.25, 0.3) is 0 Å². The summed E-state index contributed by atoms with van der Waals surface area (Å²) in [7, 11) is 1.80. The van der Waals surface area contributed by atoms with Gasteiger partial charge < -0.3 is 5.32 Å². The molecule has 2 aromatic rings. The zero-order chi connectivity index (χ0) is 13.8. The van der Waals surface area contributed by atoms with Crippen molar-refractivity contribution < 1.29 is 8.78 Å². The summed E-state index contributed by atoms with van der Waals surface area (Å²) in [6.45, 7) is 0. The summed E-state index contributed by atoms with van der Waals surface area (Å²) in [5, 5.41) is 3.11. The van der Waals surface area contributed by atoms with E-state index in [2.05, 4.69) is 26.2 Å². The lowest BCUT2D eigenvalue weighted by molar-refractivity contribution is 0.569. The number of nitrogens with zero attached hydrogens (tertiary/aromatic N) is 1. The molecule has 100 valence electrons. The molecule has 1 N–H and O–H groups in total. The normalized spacial score (nSPS) is 12.4. The van der Waals surface area contributed by atoms with Crippen LogP contribution in [0.2, 0.25) is 0 Å². The lowest BCUT2D eigenvalue weighted by atomic mass is 10.0. The molecule has 1 atom stereocenters. The smallest absolute Gasteiger partial charge is 0.141 e. The molecule has 1 aromatic carbocycles. The topological polar surface area (TPSA) is 24.9 Å². The van der Waals surface area contributed by atoms with Crippen molar-refractivity contribution in [3.8, 4) is 0 Å². The van der Waals surface area contributed by atoms with Gasteiger partial charge in [0.1, 0.15) is 11.6 Å². The van der Waals surface area contributed by atoms with Crippen LogP contribution in [-0.4, -0.2) is 12.0 Å². The first-order valence-corrected chi connectivity index (χ1v) is 6.61. The van der Waals surface area contributed by atoms with Crippen LogP contribution in [0.4, 0.5) is 8.78 Å². The zero-order valence-electron chi connectivity index (χ0n) is 10.3. The summed E-state index contributed by atoms with van der Waals surface area (Å²) >= 11 is 3.33. The van der Waals surface area contributed by atoms with Gasteiger partial charge in [0.25, 0.3) is 0 Å². The lowest BCUT2D eigenvalue weighted by Gasteiger charge is -2.17. The number of halogens is 3. The van der Waals surface area contributed by atoms with Gasteiger partial charge in [-0.1, -0.05) is 22.0 Å². The number of nitrogens with one attached hydrogen (secondary N) is 1. The fraction of sp³-hybridized carbons (Fsp3) is 0.214. The van der Waals surface area contributed by atoms with Crippen LogP contribution in [0.1, 0.15) is 17.2 Å². The van der Waals surface area contributed by atoms with Crippen LogP contribution in [0.5, 0.6) is 0 Å². The number of hydrogen-bond donors (Lipinski definition) is 1. The molecular weight excluding hydrogens is 314 g/mol. The SMILES string of the molecule is CNC(Cc1ccc(F)cc1Br)c1cncc(F)c1. The van der Waals surface area contributed by atoms with E-state index in [1.807, 2.05) is 0 Å². The molecule has 0 aliphatic rings. The van der Waals surface area contributed by atoms with Gasteiger partial charge in [0.2, 0.25) is 0 Å². The summed E-state index contributed by atoms with van der Waals surface area (Å²) in [5.74, 6) is -0.653. The largest absolute Gasteiger partial charge is 0.313 e. The van der Waals surface area contributed by atoms with Crippen LogP contribution < -0.4 is 5.32 Å². The van der Waals surface area contributed by atoms with Crippen LogP contribution in [0.3, 0.4) is 0 Å². The number of aromatic nitrogens is 1. The van der Waals surface area contributed by atoms with E-state index < -0.39 is 0 Å². The number of pyridine rings is 1. The van der Waals surface area contributed by atoms with Gasteiger partial charge in [-0.15, -0.1) is 0 Å². The molecule has 0 fully saturated rings. The first-order chi connectivity index (χ1) is 9.10. The molecule has 2 rings (SSSR count). The van der Waals surface area contributed by atoms with Gasteiger partial charge in [-0.2, -0.15) is 0 Å². The molecule has 5 heteroatoms. The van der Waals surface area contributed by atoms with Crippen molar-refractivity contribution in [3.05, 3.63) is 63.9 Å². The summed E-state index contributed by atoms with van der Waals surface area (Å²) in [5.41, 5.74) is 1.71. The molecule has 0 bridgehead atoms. The second kappa shape index (κ2) is 6.21. The van der Waals surface area contributed by atoms with Gasteiger partial charge in [0, 0.05) is 16.7 Å². The van der Waals surface area contributed by atoms with E-state index in [4.69, 9.17) is 0 Å². The minimum atomic E-state index is -0.365. The van der Waals surface area contributed by atoms with Crippen LogP contribution >= 0.6 is 15.9 Å². The Bertz CT molecular complexity index is 575. The first-order valence-electron chi connectivity index (χ1n) is 5.82. The average molecular weight is 327 g/mol. The number of rotatable bonds is 4. The summed E-state index contributed by atoms with van der Waals surface area (Å²) in [6.07, 6.45) is 3.41. The molecule has 1 heterocycles. The Morgan fingerprint density at radius 2 is 2.00 bits per heavy atom. The Hall–Kier alpha value is -1.33.